The van der Waals surface area contributed by atoms with Gasteiger partial charge in [0.15, 0.2) is 5.41 Å². The van der Waals surface area contributed by atoms with Crippen molar-refractivity contribution >= 4 is 23.5 Å². The zero-order valence-electron chi connectivity index (χ0n) is 16.4. The van der Waals surface area contributed by atoms with Gasteiger partial charge in [0.2, 0.25) is 11.8 Å². The van der Waals surface area contributed by atoms with E-state index in [1.807, 2.05) is 6.07 Å². The van der Waals surface area contributed by atoms with Crippen LogP contribution in [0.5, 0.6) is 0 Å². The molecule has 2 aliphatic heterocycles. The monoisotopic (exact) mass is 409 g/mol. The Balaban J connectivity index is 2.45. The van der Waals surface area contributed by atoms with Gasteiger partial charge in [0.25, 0.3) is 0 Å². The first-order chi connectivity index (χ1) is 14.4. The number of nitriles is 1. The third-order valence-corrected chi connectivity index (χ3v) is 5.02. The summed E-state index contributed by atoms with van der Waals surface area (Å²) in [6.07, 6.45) is 1.03. The van der Waals surface area contributed by atoms with Crippen LogP contribution in [0.3, 0.4) is 0 Å². The molecule has 30 heavy (non-hydrogen) atoms. The number of carbonyl (C=O) groups is 3. The predicted molar refractivity (Wildman–Crippen MR) is 104 cm³/mol. The molecule has 1 spiro atoms. The van der Waals surface area contributed by atoms with Gasteiger partial charge in [-0.15, -0.1) is 6.58 Å². The van der Waals surface area contributed by atoms with Gasteiger partial charge in [-0.1, -0.05) is 24.3 Å². The first-order valence-electron chi connectivity index (χ1n) is 8.87. The van der Waals surface area contributed by atoms with Gasteiger partial charge in [-0.25, -0.2) is 4.79 Å². The summed E-state index contributed by atoms with van der Waals surface area (Å²) in [5, 5.41) is 9.91. The molecule has 0 saturated heterocycles. The second kappa shape index (κ2) is 7.75. The number of methoxy groups -OCH3 is 2. The highest BCUT2D eigenvalue weighted by Gasteiger charge is 2.62. The number of hydrogen-bond acceptors (Lipinski definition) is 8. The quantitative estimate of drug-likeness (QED) is 0.566. The average molecular weight is 409 g/mol. The van der Waals surface area contributed by atoms with Crippen LogP contribution >= 0.6 is 0 Å². The largest absolute Gasteiger partial charge is 0.469 e. The normalized spacial score (nSPS) is 19.9. The summed E-state index contributed by atoms with van der Waals surface area (Å²) in [5.74, 6) is -2.86. The van der Waals surface area contributed by atoms with Gasteiger partial charge >= 0.3 is 11.9 Å². The van der Waals surface area contributed by atoms with Gasteiger partial charge in [0, 0.05) is 17.8 Å². The van der Waals surface area contributed by atoms with Crippen LogP contribution in [0.25, 0.3) is 0 Å². The summed E-state index contributed by atoms with van der Waals surface area (Å²) < 4.78 is 15.1. The lowest BCUT2D eigenvalue weighted by Gasteiger charge is -2.35. The van der Waals surface area contributed by atoms with Crippen LogP contribution in [-0.4, -0.2) is 38.6 Å². The summed E-state index contributed by atoms with van der Waals surface area (Å²) in [6.45, 7) is 3.79. The van der Waals surface area contributed by atoms with E-state index < -0.39 is 29.7 Å². The molecule has 0 unspecified atom stereocenters. The van der Waals surface area contributed by atoms with Crippen molar-refractivity contribution in [2.24, 2.45) is 5.73 Å². The highest BCUT2D eigenvalue weighted by atomic mass is 16.5. The maximum absolute atomic E-state index is 13.8. The van der Waals surface area contributed by atoms with E-state index in [0.29, 0.717) is 11.3 Å². The SMILES string of the molecule is C=CCN1C(=O)[C@]2(C(C#N)=C(N)OC(CC(=O)OC)=C2C(=O)OC)c2ccccc21. The summed E-state index contributed by atoms with van der Waals surface area (Å²) in [4.78, 5) is 40.1. The Hall–Kier alpha value is -4.06. The number of fused-ring (bicyclic) bond motifs is 2. The molecule has 2 heterocycles. The number of carbonyl (C=O) groups excluding carboxylic acids is 3. The lowest BCUT2D eigenvalue weighted by Crippen LogP contribution is -2.48. The van der Waals surface area contributed by atoms with E-state index in [9.17, 15) is 19.6 Å². The fraction of sp³-hybridized carbons (Fsp3) is 0.238. The fourth-order valence-corrected chi connectivity index (χ4v) is 3.84. The number of amides is 1. The standard InChI is InChI=1S/C21H19N3O6/c1-4-9-24-14-8-6-5-7-12(14)21(20(24)27)13(11-22)18(23)30-15(10-16(25)28-2)17(21)19(26)29-3/h4-8H,1,9-10,23H2,2-3H3/t21-/m0/s1. The zero-order chi connectivity index (χ0) is 22.1. The van der Waals surface area contributed by atoms with Gasteiger partial charge in [-0.2, -0.15) is 5.26 Å². The Bertz CT molecular complexity index is 1060. The minimum atomic E-state index is -1.92. The van der Waals surface area contributed by atoms with Crippen molar-refractivity contribution in [2.45, 2.75) is 11.8 Å². The number of nitrogens with two attached hydrogens (primary N) is 1. The predicted octanol–water partition coefficient (Wildman–Crippen LogP) is 1.17. The summed E-state index contributed by atoms with van der Waals surface area (Å²) >= 11 is 0. The smallest absolute Gasteiger partial charge is 0.339 e. The maximum Gasteiger partial charge on any atom is 0.339 e. The molecule has 0 radical (unpaired) electrons. The summed E-state index contributed by atoms with van der Waals surface area (Å²) in [6, 6.07) is 8.60. The minimum Gasteiger partial charge on any atom is -0.469 e. The molecule has 1 atom stereocenters. The molecular formula is C21H19N3O6. The molecule has 9 heteroatoms. The number of hydrogen-bond donors (Lipinski definition) is 1. The molecule has 0 saturated carbocycles. The molecule has 1 aromatic carbocycles. The van der Waals surface area contributed by atoms with E-state index in [1.165, 1.54) is 18.1 Å². The summed E-state index contributed by atoms with van der Waals surface area (Å²) in [5.41, 5.74) is 4.35. The minimum absolute atomic E-state index is 0.123. The van der Waals surface area contributed by atoms with E-state index in [0.717, 1.165) is 7.11 Å². The number of esters is 2. The van der Waals surface area contributed by atoms with Gasteiger partial charge in [0.05, 0.1) is 14.2 Å². The van der Waals surface area contributed by atoms with Crippen LogP contribution in [0.15, 0.2) is 59.7 Å². The van der Waals surface area contributed by atoms with E-state index in [4.69, 9.17) is 15.2 Å². The van der Waals surface area contributed by atoms with Crippen LogP contribution in [0.2, 0.25) is 0 Å². The van der Waals surface area contributed by atoms with E-state index in [-0.39, 0.29) is 29.3 Å². The van der Waals surface area contributed by atoms with Crippen molar-refractivity contribution < 1.29 is 28.6 Å². The molecular weight excluding hydrogens is 390 g/mol. The van der Waals surface area contributed by atoms with Crippen LogP contribution < -0.4 is 10.6 Å². The van der Waals surface area contributed by atoms with Crippen molar-refractivity contribution in [1.29, 1.82) is 5.26 Å². The lowest BCUT2D eigenvalue weighted by atomic mass is 9.68. The highest BCUT2D eigenvalue weighted by Crippen LogP contribution is 2.54. The second-order valence-electron chi connectivity index (χ2n) is 6.47. The lowest BCUT2D eigenvalue weighted by molar-refractivity contribution is -0.141. The molecule has 1 aromatic rings. The molecule has 1 amide bonds. The Morgan fingerprint density at radius 3 is 2.63 bits per heavy atom. The molecule has 154 valence electrons. The third-order valence-electron chi connectivity index (χ3n) is 5.02. The molecule has 0 aromatic heterocycles. The number of para-hydroxylation sites is 1. The number of anilines is 1. The molecule has 0 bridgehead atoms. The summed E-state index contributed by atoms with van der Waals surface area (Å²) in [7, 11) is 2.29. The Morgan fingerprint density at radius 1 is 1.33 bits per heavy atom. The number of benzene rings is 1. The highest BCUT2D eigenvalue weighted by molar-refractivity contribution is 6.18. The Morgan fingerprint density at radius 2 is 2.03 bits per heavy atom. The third kappa shape index (κ3) is 2.73. The van der Waals surface area contributed by atoms with Crippen LogP contribution in [0, 0.1) is 11.3 Å². The van der Waals surface area contributed by atoms with Gasteiger partial charge < -0.3 is 24.8 Å². The van der Waals surface area contributed by atoms with Crippen molar-refractivity contribution in [3.63, 3.8) is 0 Å². The first-order valence-corrected chi connectivity index (χ1v) is 8.87. The molecule has 0 fully saturated rings. The van der Waals surface area contributed by atoms with Crippen LogP contribution in [0.1, 0.15) is 12.0 Å². The number of nitrogens with zero attached hydrogens (tertiary/aromatic N) is 2. The number of rotatable bonds is 5. The molecule has 0 aliphatic carbocycles. The molecule has 2 N–H and O–H groups in total. The first kappa shape index (κ1) is 20.7. The van der Waals surface area contributed by atoms with E-state index in [1.54, 1.807) is 24.3 Å². The van der Waals surface area contributed by atoms with Crippen LogP contribution in [-0.2, 0) is 34.0 Å². The Labute approximate surface area is 172 Å². The molecule has 9 nitrogen and oxygen atoms in total. The van der Waals surface area contributed by atoms with Gasteiger partial charge in [0.1, 0.15) is 29.4 Å². The molecule has 3 rings (SSSR count). The zero-order valence-corrected chi connectivity index (χ0v) is 16.4. The van der Waals surface area contributed by atoms with E-state index >= 15 is 0 Å². The maximum atomic E-state index is 13.8. The van der Waals surface area contributed by atoms with E-state index in [2.05, 4.69) is 11.3 Å². The van der Waals surface area contributed by atoms with Gasteiger partial charge in [-0.05, 0) is 6.07 Å². The molecule has 2 aliphatic rings. The van der Waals surface area contributed by atoms with Crippen molar-refractivity contribution in [1.82, 2.24) is 0 Å². The number of ether oxygens (including phenoxy) is 3. The topological polar surface area (TPSA) is 132 Å². The van der Waals surface area contributed by atoms with Crippen LogP contribution in [0.4, 0.5) is 5.69 Å². The second-order valence-corrected chi connectivity index (χ2v) is 6.47. The van der Waals surface area contributed by atoms with Crippen molar-refractivity contribution in [3.8, 4) is 6.07 Å². The van der Waals surface area contributed by atoms with Crippen molar-refractivity contribution in [2.75, 3.05) is 25.7 Å². The Kier molecular flexibility index (Phi) is 5.34. The van der Waals surface area contributed by atoms with Crippen molar-refractivity contribution in [3.05, 3.63) is 65.3 Å². The fourth-order valence-electron chi connectivity index (χ4n) is 3.84. The van der Waals surface area contributed by atoms with Gasteiger partial charge in [-0.3, -0.25) is 9.59 Å². The average Bonchev–Trinajstić information content (AvgIpc) is 2.97.